The molecular weight excluding hydrogens is 258 g/mol. The number of hydrogen-bond donors (Lipinski definition) is 2. The lowest BCUT2D eigenvalue weighted by molar-refractivity contribution is 0.372. The van der Waals surface area contributed by atoms with E-state index in [9.17, 15) is 5.11 Å². The Morgan fingerprint density at radius 3 is 2.80 bits per heavy atom. The zero-order chi connectivity index (χ0) is 11.4. The molecule has 0 heterocycles. The Labute approximate surface area is 97.7 Å². The molecule has 1 aromatic carbocycles. The zero-order valence-corrected chi connectivity index (χ0v) is 10.2. The highest BCUT2D eigenvalue weighted by Gasteiger charge is 2.12. The van der Waals surface area contributed by atoms with E-state index in [1.807, 2.05) is 6.07 Å². The highest BCUT2D eigenvalue weighted by molar-refractivity contribution is 9.10. The van der Waals surface area contributed by atoms with Crippen molar-refractivity contribution >= 4 is 21.5 Å². The molecule has 0 saturated heterocycles. The first kappa shape index (κ1) is 12.1. The van der Waals surface area contributed by atoms with E-state index < -0.39 is 0 Å². The van der Waals surface area contributed by atoms with E-state index in [-0.39, 0.29) is 5.75 Å². The molecule has 0 saturated carbocycles. The first-order valence-electron chi connectivity index (χ1n) is 4.55. The summed E-state index contributed by atoms with van der Waals surface area (Å²) < 4.78 is 5.58. The van der Waals surface area contributed by atoms with Crippen molar-refractivity contribution in [2.75, 3.05) is 13.7 Å². The summed E-state index contributed by atoms with van der Waals surface area (Å²) in [6, 6.07) is 3.55. The second-order valence-corrected chi connectivity index (χ2v) is 3.91. The maximum absolute atomic E-state index is 9.75. The molecule has 0 fully saturated rings. The van der Waals surface area contributed by atoms with Gasteiger partial charge in [0.05, 0.1) is 11.6 Å². The molecule has 15 heavy (non-hydrogen) atoms. The second kappa shape index (κ2) is 5.19. The third-order valence-corrected chi connectivity index (χ3v) is 2.93. The molecule has 0 radical (unpaired) electrons. The van der Waals surface area contributed by atoms with Gasteiger partial charge < -0.3 is 15.6 Å². The van der Waals surface area contributed by atoms with Crippen molar-refractivity contribution in [3.63, 3.8) is 0 Å². The summed E-state index contributed by atoms with van der Waals surface area (Å²) in [7, 11) is 1.51. The minimum absolute atomic E-state index is 0.0909. The van der Waals surface area contributed by atoms with Crippen molar-refractivity contribution in [3.8, 4) is 11.5 Å². The number of nitrogens with two attached hydrogens (primary N) is 1. The van der Waals surface area contributed by atoms with Gasteiger partial charge in [-0.1, -0.05) is 6.58 Å². The molecule has 0 spiro atoms. The molecule has 1 aromatic rings. The Morgan fingerprint density at radius 1 is 1.60 bits per heavy atom. The maximum Gasteiger partial charge on any atom is 0.172 e. The second-order valence-electron chi connectivity index (χ2n) is 3.12. The molecule has 0 aliphatic carbocycles. The summed E-state index contributed by atoms with van der Waals surface area (Å²) in [5.74, 6) is 0.527. The van der Waals surface area contributed by atoms with Crippen LogP contribution in [0.1, 0.15) is 12.0 Å². The number of methoxy groups -OCH3 is 1. The van der Waals surface area contributed by atoms with Crippen LogP contribution in [0, 0.1) is 0 Å². The first-order valence-corrected chi connectivity index (χ1v) is 5.34. The van der Waals surface area contributed by atoms with Crippen molar-refractivity contribution in [1.29, 1.82) is 0 Å². The molecular formula is C11H14BrNO2. The minimum atomic E-state index is 0.0909. The van der Waals surface area contributed by atoms with Crippen LogP contribution >= 0.6 is 15.9 Å². The summed E-state index contributed by atoms with van der Waals surface area (Å²) in [5, 5.41) is 9.75. The zero-order valence-electron chi connectivity index (χ0n) is 8.59. The van der Waals surface area contributed by atoms with E-state index in [2.05, 4.69) is 22.5 Å². The number of halogens is 1. The maximum atomic E-state index is 9.75. The van der Waals surface area contributed by atoms with E-state index in [4.69, 9.17) is 10.5 Å². The fourth-order valence-electron chi connectivity index (χ4n) is 1.29. The monoisotopic (exact) mass is 271 g/mol. The minimum Gasteiger partial charge on any atom is -0.503 e. The van der Waals surface area contributed by atoms with Crippen molar-refractivity contribution in [1.82, 2.24) is 0 Å². The van der Waals surface area contributed by atoms with Gasteiger partial charge in [0.15, 0.2) is 11.5 Å². The summed E-state index contributed by atoms with van der Waals surface area (Å²) in [5.41, 5.74) is 7.20. The standard InChI is InChI=1S/C11H14BrNO2/c1-7(5-6-13)8-3-4-9(15-2)11(14)10(8)12/h3-4,14H,1,5-6,13H2,2H3. The summed E-state index contributed by atoms with van der Waals surface area (Å²) in [4.78, 5) is 0. The van der Waals surface area contributed by atoms with Gasteiger partial charge in [0, 0.05) is 0 Å². The van der Waals surface area contributed by atoms with Crippen LogP contribution in [-0.2, 0) is 0 Å². The normalized spacial score (nSPS) is 10.1. The highest BCUT2D eigenvalue weighted by Crippen LogP contribution is 2.39. The number of hydrogen-bond acceptors (Lipinski definition) is 3. The average Bonchev–Trinajstić information content (AvgIpc) is 2.22. The molecule has 0 unspecified atom stereocenters. The van der Waals surface area contributed by atoms with Crippen molar-refractivity contribution in [2.45, 2.75) is 6.42 Å². The number of ether oxygens (including phenoxy) is 1. The largest absolute Gasteiger partial charge is 0.503 e. The van der Waals surface area contributed by atoms with E-state index >= 15 is 0 Å². The van der Waals surface area contributed by atoms with Crippen LogP contribution in [0.2, 0.25) is 0 Å². The molecule has 0 bridgehead atoms. The molecule has 0 atom stereocenters. The number of rotatable bonds is 4. The first-order chi connectivity index (χ1) is 7.11. The molecule has 0 aliphatic heterocycles. The van der Waals surface area contributed by atoms with Crippen molar-refractivity contribution in [2.24, 2.45) is 5.73 Å². The lowest BCUT2D eigenvalue weighted by atomic mass is 10.0. The lowest BCUT2D eigenvalue weighted by Gasteiger charge is -2.11. The molecule has 82 valence electrons. The van der Waals surface area contributed by atoms with E-state index in [1.165, 1.54) is 7.11 Å². The average molecular weight is 272 g/mol. The molecule has 0 amide bonds. The van der Waals surface area contributed by atoms with E-state index in [1.54, 1.807) is 6.07 Å². The number of benzene rings is 1. The van der Waals surface area contributed by atoms with Crippen LogP contribution in [0.4, 0.5) is 0 Å². The van der Waals surface area contributed by atoms with Crippen LogP contribution in [0.3, 0.4) is 0 Å². The van der Waals surface area contributed by atoms with Gasteiger partial charge in [0.2, 0.25) is 0 Å². The molecule has 0 aromatic heterocycles. The van der Waals surface area contributed by atoms with Crippen LogP contribution < -0.4 is 10.5 Å². The van der Waals surface area contributed by atoms with Gasteiger partial charge in [-0.15, -0.1) is 0 Å². The SMILES string of the molecule is C=C(CCN)c1ccc(OC)c(O)c1Br. The Kier molecular flexibility index (Phi) is 4.17. The van der Waals surface area contributed by atoms with Crippen molar-refractivity contribution in [3.05, 3.63) is 28.7 Å². The van der Waals surface area contributed by atoms with Gasteiger partial charge in [-0.05, 0) is 52.2 Å². The van der Waals surface area contributed by atoms with E-state index in [0.29, 0.717) is 23.2 Å². The number of phenols is 1. The predicted octanol–water partition coefficient (Wildman–Crippen LogP) is 2.53. The van der Waals surface area contributed by atoms with E-state index in [0.717, 1.165) is 11.1 Å². The van der Waals surface area contributed by atoms with Crippen LogP contribution in [-0.4, -0.2) is 18.8 Å². The van der Waals surface area contributed by atoms with Crippen LogP contribution in [0.25, 0.3) is 5.57 Å². The van der Waals surface area contributed by atoms with Crippen LogP contribution in [0.15, 0.2) is 23.2 Å². The Balaban J connectivity index is 3.11. The number of phenolic OH excluding ortho intramolecular Hbond substituents is 1. The fraction of sp³-hybridized carbons (Fsp3) is 0.273. The summed E-state index contributed by atoms with van der Waals surface area (Å²) >= 11 is 3.31. The topological polar surface area (TPSA) is 55.5 Å². The Morgan fingerprint density at radius 2 is 2.27 bits per heavy atom. The Hall–Kier alpha value is -1.00. The van der Waals surface area contributed by atoms with Gasteiger partial charge in [-0.25, -0.2) is 0 Å². The third-order valence-electron chi connectivity index (χ3n) is 2.13. The molecule has 1 rings (SSSR count). The third kappa shape index (κ3) is 2.52. The van der Waals surface area contributed by atoms with Gasteiger partial charge >= 0.3 is 0 Å². The molecule has 3 nitrogen and oxygen atoms in total. The van der Waals surface area contributed by atoms with Gasteiger partial charge in [0.25, 0.3) is 0 Å². The van der Waals surface area contributed by atoms with Crippen LogP contribution in [0.5, 0.6) is 11.5 Å². The van der Waals surface area contributed by atoms with Gasteiger partial charge in [0.1, 0.15) is 0 Å². The van der Waals surface area contributed by atoms with Gasteiger partial charge in [-0.2, -0.15) is 0 Å². The van der Waals surface area contributed by atoms with Gasteiger partial charge in [-0.3, -0.25) is 0 Å². The number of aromatic hydroxyl groups is 1. The molecule has 0 aliphatic rings. The quantitative estimate of drug-likeness (QED) is 0.885. The smallest absolute Gasteiger partial charge is 0.172 e. The Bertz CT molecular complexity index is 377. The molecule has 3 N–H and O–H groups in total. The summed E-state index contributed by atoms with van der Waals surface area (Å²) in [6.45, 7) is 4.45. The highest BCUT2D eigenvalue weighted by atomic mass is 79.9. The summed E-state index contributed by atoms with van der Waals surface area (Å²) in [6.07, 6.45) is 0.699. The predicted molar refractivity (Wildman–Crippen MR) is 65.1 cm³/mol. The van der Waals surface area contributed by atoms with Crippen molar-refractivity contribution < 1.29 is 9.84 Å². The molecule has 4 heteroatoms. The lowest BCUT2D eigenvalue weighted by Crippen LogP contribution is -2.00. The fourth-order valence-corrected chi connectivity index (χ4v) is 1.90.